The maximum absolute atomic E-state index is 12.0. The maximum Gasteiger partial charge on any atom is 0.241 e. The van der Waals surface area contributed by atoms with E-state index in [1.807, 2.05) is 43.1 Å². The molecule has 6 nitrogen and oxygen atoms in total. The summed E-state index contributed by atoms with van der Waals surface area (Å²) in [6.45, 7) is 2.09. The van der Waals surface area contributed by atoms with E-state index in [2.05, 4.69) is 10.1 Å². The summed E-state index contributed by atoms with van der Waals surface area (Å²) < 4.78 is 1.75. The van der Waals surface area contributed by atoms with E-state index in [9.17, 15) is 4.79 Å². The van der Waals surface area contributed by atoms with Crippen molar-refractivity contribution < 1.29 is 4.79 Å². The van der Waals surface area contributed by atoms with E-state index in [1.165, 1.54) is 0 Å². The molecule has 0 fully saturated rings. The molecule has 0 unspecified atom stereocenters. The molecule has 0 spiro atoms. The molecule has 0 atom stereocenters. The average Bonchev–Trinajstić information content (AvgIpc) is 2.81. The molecule has 0 N–H and O–H groups in total. The number of amides is 1. The summed E-state index contributed by atoms with van der Waals surface area (Å²) in [4.78, 5) is 20.1. The molecule has 0 aliphatic rings. The van der Waals surface area contributed by atoms with Gasteiger partial charge in [-0.15, -0.1) is 0 Å². The summed E-state index contributed by atoms with van der Waals surface area (Å²) in [5.41, 5.74) is 2.24. The molecule has 3 aromatic rings. The molecule has 2 aromatic heterocycles. The molecule has 120 valence electrons. The molecule has 23 heavy (non-hydrogen) atoms. The summed E-state index contributed by atoms with van der Waals surface area (Å²) in [5.74, 6) is 0.721. The van der Waals surface area contributed by atoms with Gasteiger partial charge in [0.15, 0.2) is 5.65 Å². The lowest BCUT2D eigenvalue weighted by Crippen LogP contribution is -2.34. The fourth-order valence-corrected chi connectivity index (χ4v) is 2.64. The summed E-state index contributed by atoms with van der Waals surface area (Å²) in [5, 5.41) is 5.92. The van der Waals surface area contributed by atoms with Crippen LogP contribution in [0.25, 0.3) is 16.6 Å². The Kier molecular flexibility index (Phi) is 3.85. The van der Waals surface area contributed by atoms with Gasteiger partial charge in [0, 0.05) is 26.5 Å². The number of hydrogen-bond donors (Lipinski definition) is 0. The van der Waals surface area contributed by atoms with Crippen molar-refractivity contribution in [1.29, 1.82) is 0 Å². The maximum atomic E-state index is 12.0. The third-order valence-corrected chi connectivity index (χ3v) is 4.22. The molecule has 2 heterocycles. The standard InChI is InChI=1S/C16H18ClN5O/c1-10-14(17)16-18-15(21(4)9-13(23)20(2)3)11-7-5-6-8-12(11)22(16)19-10/h5-8H,9H2,1-4H3. The van der Waals surface area contributed by atoms with Crippen LogP contribution in [0.4, 0.5) is 5.82 Å². The van der Waals surface area contributed by atoms with Crippen LogP contribution in [-0.4, -0.2) is 53.1 Å². The number of carbonyl (C=O) groups excluding carboxylic acids is 1. The number of aryl methyl sites for hydroxylation is 1. The van der Waals surface area contributed by atoms with Crippen LogP contribution in [0.2, 0.25) is 5.02 Å². The highest BCUT2D eigenvalue weighted by Gasteiger charge is 2.18. The number of benzene rings is 1. The van der Waals surface area contributed by atoms with Gasteiger partial charge >= 0.3 is 0 Å². The molecule has 3 rings (SSSR count). The third-order valence-electron chi connectivity index (χ3n) is 3.78. The van der Waals surface area contributed by atoms with Gasteiger partial charge in [0.1, 0.15) is 10.8 Å². The first-order chi connectivity index (χ1) is 10.9. The number of carbonyl (C=O) groups is 1. The van der Waals surface area contributed by atoms with E-state index in [1.54, 1.807) is 23.5 Å². The Hall–Kier alpha value is -2.34. The number of hydrogen-bond acceptors (Lipinski definition) is 4. The molecule has 0 radical (unpaired) electrons. The Bertz CT molecular complexity index is 902. The molecular formula is C16H18ClN5O. The Balaban J connectivity index is 2.22. The van der Waals surface area contributed by atoms with E-state index in [-0.39, 0.29) is 12.5 Å². The van der Waals surface area contributed by atoms with Crippen LogP contribution >= 0.6 is 11.6 Å². The van der Waals surface area contributed by atoms with Crippen molar-refractivity contribution in [2.45, 2.75) is 6.92 Å². The molecule has 1 amide bonds. The molecule has 0 saturated heterocycles. The first-order valence-electron chi connectivity index (χ1n) is 7.25. The number of fused-ring (bicyclic) bond motifs is 3. The summed E-state index contributed by atoms with van der Waals surface area (Å²) >= 11 is 6.34. The van der Waals surface area contributed by atoms with Crippen LogP contribution in [0.5, 0.6) is 0 Å². The highest BCUT2D eigenvalue weighted by atomic mass is 35.5. The molecule has 0 aliphatic carbocycles. The zero-order chi connectivity index (χ0) is 16.7. The van der Waals surface area contributed by atoms with Crippen molar-refractivity contribution in [2.24, 2.45) is 0 Å². The Labute approximate surface area is 139 Å². The van der Waals surface area contributed by atoms with Crippen molar-refractivity contribution in [3.63, 3.8) is 0 Å². The van der Waals surface area contributed by atoms with Gasteiger partial charge in [0.25, 0.3) is 0 Å². The SMILES string of the molecule is Cc1nn2c(nc(N(C)CC(=O)N(C)C)c3ccccc32)c1Cl. The van der Waals surface area contributed by atoms with Crippen molar-refractivity contribution in [3.05, 3.63) is 35.0 Å². The minimum Gasteiger partial charge on any atom is -0.350 e. The predicted octanol–water partition coefficient (Wildman–Crippen LogP) is 2.37. The largest absolute Gasteiger partial charge is 0.350 e. The minimum atomic E-state index is 0.00837. The van der Waals surface area contributed by atoms with Gasteiger partial charge in [-0.1, -0.05) is 23.7 Å². The van der Waals surface area contributed by atoms with Gasteiger partial charge in [-0.2, -0.15) is 5.10 Å². The second-order valence-corrected chi connectivity index (χ2v) is 6.11. The highest BCUT2D eigenvalue weighted by molar-refractivity contribution is 6.34. The monoisotopic (exact) mass is 331 g/mol. The van der Waals surface area contributed by atoms with Crippen LogP contribution in [0.15, 0.2) is 24.3 Å². The lowest BCUT2D eigenvalue weighted by atomic mass is 10.2. The van der Waals surface area contributed by atoms with E-state index in [0.29, 0.717) is 16.5 Å². The zero-order valence-electron chi connectivity index (χ0n) is 13.5. The summed E-state index contributed by atoms with van der Waals surface area (Å²) in [7, 11) is 5.33. The number of para-hydroxylation sites is 1. The van der Waals surface area contributed by atoms with Crippen molar-refractivity contribution in [1.82, 2.24) is 19.5 Å². The van der Waals surface area contributed by atoms with Crippen LogP contribution in [-0.2, 0) is 4.79 Å². The second kappa shape index (κ2) is 5.70. The lowest BCUT2D eigenvalue weighted by Gasteiger charge is -2.21. The van der Waals surface area contributed by atoms with E-state index >= 15 is 0 Å². The normalized spacial score (nSPS) is 11.2. The molecule has 0 bridgehead atoms. The second-order valence-electron chi connectivity index (χ2n) is 5.73. The Morgan fingerprint density at radius 3 is 2.65 bits per heavy atom. The van der Waals surface area contributed by atoms with Crippen LogP contribution in [0.3, 0.4) is 0 Å². The van der Waals surface area contributed by atoms with Gasteiger partial charge in [-0.3, -0.25) is 4.79 Å². The molecular weight excluding hydrogens is 314 g/mol. The quantitative estimate of drug-likeness (QED) is 0.739. The van der Waals surface area contributed by atoms with Crippen LogP contribution in [0.1, 0.15) is 5.69 Å². The van der Waals surface area contributed by atoms with E-state index in [0.717, 1.165) is 16.6 Å². The molecule has 0 saturated carbocycles. The fourth-order valence-electron chi connectivity index (χ4n) is 2.48. The summed E-state index contributed by atoms with van der Waals surface area (Å²) in [6, 6.07) is 7.83. The lowest BCUT2D eigenvalue weighted by molar-refractivity contribution is -0.127. The van der Waals surface area contributed by atoms with Crippen molar-refractivity contribution >= 4 is 39.9 Å². The van der Waals surface area contributed by atoms with E-state index in [4.69, 9.17) is 11.6 Å². The van der Waals surface area contributed by atoms with Crippen molar-refractivity contribution in [2.75, 3.05) is 32.6 Å². The number of halogens is 1. The third kappa shape index (κ3) is 2.59. The van der Waals surface area contributed by atoms with Gasteiger partial charge in [0.05, 0.1) is 17.8 Å². The summed E-state index contributed by atoms with van der Waals surface area (Å²) in [6.07, 6.45) is 0. The molecule has 7 heteroatoms. The predicted molar refractivity (Wildman–Crippen MR) is 92.2 cm³/mol. The number of nitrogens with zero attached hydrogens (tertiary/aromatic N) is 5. The zero-order valence-corrected chi connectivity index (χ0v) is 14.3. The topological polar surface area (TPSA) is 53.7 Å². The molecule has 1 aromatic carbocycles. The Morgan fingerprint density at radius 2 is 1.96 bits per heavy atom. The van der Waals surface area contributed by atoms with Gasteiger partial charge < -0.3 is 9.80 Å². The first-order valence-corrected chi connectivity index (χ1v) is 7.63. The number of anilines is 1. The van der Waals surface area contributed by atoms with Crippen LogP contribution in [0, 0.1) is 6.92 Å². The smallest absolute Gasteiger partial charge is 0.241 e. The number of aromatic nitrogens is 3. The Morgan fingerprint density at radius 1 is 1.26 bits per heavy atom. The first kappa shape index (κ1) is 15.6. The number of rotatable bonds is 3. The van der Waals surface area contributed by atoms with Crippen LogP contribution < -0.4 is 4.90 Å². The average molecular weight is 332 g/mol. The van der Waals surface area contributed by atoms with Crippen molar-refractivity contribution in [3.8, 4) is 0 Å². The van der Waals surface area contributed by atoms with E-state index < -0.39 is 0 Å². The molecule has 0 aliphatic heterocycles. The minimum absolute atomic E-state index is 0.00837. The van der Waals surface area contributed by atoms with Gasteiger partial charge in [-0.25, -0.2) is 9.50 Å². The van der Waals surface area contributed by atoms with Gasteiger partial charge in [0.2, 0.25) is 5.91 Å². The van der Waals surface area contributed by atoms with Gasteiger partial charge in [-0.05, 0) is 19.1 Å². The fraction of sp³-hybridized carbons (Fsp3) is 0.312. The highest BCUT2D eigenvalue weighted by Crippen LogP contribution is 2.29. The number of likely N-dealkylation sites (N-methyl/N-ethyl adjacent to an activating group) is 2.